The number of benzene rings is 1. The van der Waals surface area contributed by atoms with Crippen LogP contribution in [0.5, 0.6) is 0 Å². The molecule has 0 amide bonds. The van der Waals surface area contributed by atoms with Crippen molar-refractivity contribution in [2.75, 3.05) is 6.61 Å². The van der Waals surface area contributed by atoms with E-state index in [2.05, 4.69) is 6.42 Å². The molecule has 0 bridgehead atoms. The average molecular weight is 196 g/mol. The van der Waals surface area contributed by atoms with Gasteiger partial charge in [0.25, 0.3) is 0 Å². The molecule has 74 valence electrons. The van der Waals surface area contributed by atoms with Crippen molar-refractivity contribution in [3.05, 3.63) is 35.9 Å². The second-order valence-electron chi connectivity index (χ2n) is 2.83. The van der Waals surface area contributed by atoms with Crippen LogP contribution in [0.1, 0.15) is 5.56 Å². The van der Waals surface area contributed by atoms with Crippen LogP contribution < -0.4 is 0 Å². The molecule has 0 aliphatic heterocycles. The van der Waals surface area contributed by atoms with Crippen LogP contribution in [-0.4, -0.2) is 12.5 Å². The van der Waals surface area contributed by atoms with E-state index in [4.69, 9.17) is 4.74 Å². The summed E-state index contributed by atoms with van der Waals surface area (Å²) in [7, 11) is 0. The number of terminal acetylenes is 1. The van der Waals surface area contributed by atoms with Gasteiger partial charge in [0, 0.05) is 0 Å². The first-order valence-corrected chi connectivity index (χ1v) is 4.11. The summed E-state index contributed by atoms with van der Waals surface area (Å²) in [4.78, 5) is 0. The van der Waals surface area contributed by atoms with E-state index in [1.165, 1.54) is 5.92 Å². The maximum absolute atomic E-state index is 12.5. The Bertz CT molecular complexity index is 314. The highest BCUT2D eigenvalue weighted by atomic mass is 19.3. The fraction of sp³-hybridized carbons (Fsp3) is 0.273. The lowest BCUT2D eigenvalue weighted by Gasteiger charge is -2.09. The van der Waals surface area contributed by atoms with E-state index in [0.717, 1.165) is 5.56 Å². The zero-order chi connectivity index (χ0) is 10.4. The molecule has 0 radical (unpaired) electrons. The Kier molecular flexibility index (Phi) is 3.61. The molecule has 0 aliphatic carbocycles. The van der Waals surface area contributed by atoms with E-state index in [9.17, 15) is 8.78 Å². The van der Waals surface area contributed by atoms with Crippen LogP contribution in [-0.2, 0) is 11.3 Å². The van der Waals surface area contributed by atoms with Crippen LogP contribution in [0.15, 0.2) is 30.3 Å². The molecule has 3 heteroatoms. The predicted molar refractivity (Wildman–Crippen MR) is 49.9 cm³/mol. The molecule has 0 saturated carbocycles. The van der Waals surface area contributed by atoms with Crippen LogP contribution in [0.3, 0.4) is 0 Å². The molecule has 0 atom stereocenters. The monoisotopic (exact) mass is 196 g/mol. The van der Waals surface area contributed by atoms with Crippen molar-refractivity contribution in [3.63, 3.8) is 0 Å². The molecular formula is C11H10F2O. The Morgan fingerprint density at radius 3 is 2.50 bits per heavy atom. The van der Waals surface area contributed by atoms with Gasteiger partial charge in [0.2, 0.25) is 0 Å². The number of hydrogen-bond acceptors (Lipinski definition) is 1. The molecule has 1 aromatic rings. The highest BCUT2D eigenvalue weighted by Crippen LogP contribution is 2.12. The Hall–Kier alpha value is -1.40. The van der Waals surface area contributed by atoms with Crippen molar-refractivity contribution in [3.8, 4) is 12.3 Å². The van der Waals surface area contributed by atoms with Crippen molar-refractivity contribution in [2.24, 2.45) is 0 Å². The van der Waals surface area contributed by atoms with Crippen LogP contribution in [0, 0.1) is 12.3 Å². The van der Waals surface area contributed by atoms with Gasteiger partial charge in [-0.05, 0) is 11.5 Å². The van der Waals surface area contributed by atoms with Gasteiger partial charge in [-0.25, -0.2) is 0 Å². The second-order valence-corrected chi connectivity index (χ2v) is 2.83. The Labute approximate surface area is 81.7 Å². The number of hydrogen-bond donors (Lipinski definition) is 0. The molecular weight excluding hydrogens is 186 g/mol. The van der Waals surface area contributed by atoms with Crippen LogP contribution in [0.2, 0.25) is 0 Å². The third-order valence-electron chi connectivity index (χ3n) is 1.61. The normalized spacial score (nSPS) is 10.9. The topological polar surface area (TPSA) is 9.23 Å². The van der Waals surface area contributed by atoms with E-state index in [1.54, 1.807) is 12.1 Å². The summed E-state index contributed by atoms with van der Waals surface area (Å²) < 4.78 is 29.8. The van der Waals surface area contributed by atoms with E-state index in [1.807, 2.05) is 18.2 Å². The predicted octanol–water partition coefficient (Wildman–Crippen LogP) is 2.47. The zero-order valence-corrected chi connectivity index (χ0v) is 7.54. The van der Waals surface area contributed by atoms with E-state index < -0.39 is 12.5 Å². The summed E-state index contributed by atoms with van der Waals surface area (Å²) in [5.41, 5.74) is 0.848. The first kappa shape index (κ1) is 10.7. The summed E-state index contributed by atoms with van der Waals surface area (Å²) >= 11 is 0. The van der Waals surface area contributed by atoms with Crippen LogP contribution >= 0.6 is 0 Å². The molecule has 1 aromatic carbocycles. The Morgan fingerprint density at radius 2 is 1.93 bits per heavy atom. The molecule has 1 rings (SSSR count). The van der Waals surface area contributed by atoms with Crippen LogP contribution in [0.4, 0.5) is 8.78 Å². The highest BCUT2D eigenvalue weighted by molar-refractivity contribution is 5.13. The minimum atomic E-state index is -3.17. The van der Waals surface area contributed by atoms with Gasteiger partial charge in [0.1, 0.15) is 6.61 Å². The van der Waals surface area contributed by atoms with Crippen molar-refractivity contribution in [2.45, 2.75) is 12.5 Å². The van der Waals surface area contributed by atoms with Gasteiger partial charge in [0.15, 0.2) is 0 Å². The largest absolute Gasteiger partial charge is 0.369 e. The summed E-state index contributed by atoms with van der Waals surface area (Å²) in [5, 5.41) is 0. The summed E-state index contributed by atoms with van der Waals surface area (Å²) in [6.07, 6.45) is 4.61. The highest BCUT2D eigenvalue weighted by Gasteiger charge is 2.25. The second kappa shape index (κ2) is 4.73. The Morgan fingerprint density at radius 1 is 1.29 bits per heavy atom. The third-order valence-corrected chi connectivity index (χ3v) is 1.61. The van der Waals surface area contributed by atoms with Gasteiger partial charge >= 0.3 is 5.92 Å². The lowest BCUT2D eigenvalue weighted by Crippen LogP contribution is -2.20. The summed E-state index contributed by atoms with van der Waals surface area (Å²) in [6.45, 7) is -0.587. The zero-order valence-electron chi connectivity index (χ0n) is 7.54. The van der Waals surface area contributed by atoms with Crippen molar-refractivity contribution >= 4 is 0 Å². The van der Waals surface area contributed by atoms with Crippen molar-refractivity contribution < 1.29 is 13.5 Å². The molecule has 0 saturated heterocycles. The number of alkyl halides is 2. The number of halogens is 2. The lowest BCUT2D eigenvalue weighted by atomic mass is 10.2. The molecule has 1 nitrogen and oxygen atoms in total. The Balaban J connectivity index is 2.34. The van der Waals surface area contributed by atoms with E-state index in [-0.39, 0.29) is 6.61 Å². The van der Waals surface area contributed by atoms with Crippen molar-refractivity contribution in [1.82, 2.24) is 0 Å². The minimum absolute atomic E-state index is 0.151. The minimum Gasteiger partial charge on any atom is -0.369 e. The molecule has 0 spiro atoms. The molecule has 0 heterocycles. The lowest BCUT2D eigenvalue weighted by molar-refractivity contribution is -0.0384. The van der Waals surface area contributed by atoms with Gasteiger partial charge in [-0.1, -0.05) is 30.3 Å². The van der Waals surface area contributed by atoms with Gasteiger partial charge in [-0.3, -0.25) is 0 Å². The fourth-order valence-electron chi connectivity index (χ4n) is 0.913. The number of ether oxygens (including phenoxy) is 1. The van der Waals surface area contributed by atoms with E-state index in [0.29, 0.717) is 0 Å². The van der Waals surface area contributed by atoms with Gasteiger partial charge in [-0.2, -0.15) is 8.78 Å². The van der Waals surface area contributed by atoms with Crippen LogP contribution in [0.25, 0.3) is 0 Å². The van der Waals surface area contributed by atoms with Gasteiger partial charge < -0.3 is 4.74 Å². The molecule has 0 N–H and O–H groups in total. The molecule has 14 heavy (non-hydrogen) atoms. The smallest absolute Gasteiger partial charge is 0.330 e. The molecule has 0 aromatic heterocycles. The maximum atomic E-state index is 12.5. The van der Waals surface area contributed by atoms with E-state index >= 15 is 0 Å². The first-order chi connectivity index (χ1) is 6.64. The molecule has 0 aliphatic rings. The third kappa shape index (κ3) is 3.55. The van der Waals surface area contributed by atoms with Crippen molar-refractivity contribution in [1.29, 1.82) is 0 Å². The van der Waals surface area contributed by atoms with Gasteiger partial charge in [0.05, 0.1) is 6.61 Å². The first-order valence-electron chi connectivity index (χ1n) is 4.11. The molecule has 0 unspecified atom stereocenters. The SMILES string of the molecule is C#CC(F)(F)COCc1ccccc1. The average Bonchev–Trinajstić information content (AvgIpc) is 2.19. The maximum Gasteiger partial charge on any atom is 0.330 e. The molecule has 0 fully saturated rings. The fourth-order valence-corrected chi connectivity index (χ4v) is 0.913. The summed E-state index contributed by atoms with van der Waals surface area (Å²) in [6, 6.07) is 9.08. The van der Waals surface area contributed by atoms with Gasteiger partial charge in [-0.15, -0.1) is 6.42 Å². The standard InChI is InChI=1S/C11H10F2O/c1-2-11(12,13)9-14-8-10-6-4-3-5-7-10/h1,3-7H,8-9H2. The quantitative estimate of drug-likeness (QED) is 0.672. The number of rotatable bonds is 4. The summed E-state index contributed by atoms with van der Waals surface area (Å²) in [5.74, 6) is -1.80.